The number of carbonyl (C=O) groups excluding carboxylic acids is 1. The monoisotopic (exact) mass is 447 g/mol. The van der Waals surface area contributed by atoms with E-state index in [1.165, 1.54) is 11.1 Å². The number of nitrogens with zero attached hydrogens (tertiary/aromatic N) is 3. The largest absolute Gasteiger partial charge is 0.485 e. The van der Waals surface area contributed by atoms with E-state index in [2.05, 4.69) is 9.97 Å². The highest BCUT2D eigenvalue weighted by Crippen LogP contribution is 2.23. The van der Waals surface area contributed by atoms with Crippen LogP contribution in [0.3, 0.4) is 0 Å². The molecule has 0 aliphatic rings. The minimum atomic E-state index is -1.07. The Hall–Kier alpha value is -3.74. The number of carbonyl (C=O) groups is 2. The minimum Gasteiger partial charge on any atom is -0.485 e. The van der Waals surface area contributed by atoms with Crippen LogP contribution in [0.2, 0.25) is 0 Å². The van der Waals surface area contributed by atoms with Crippen molar-refractivity contribution in [1.29, 1.82) is 0 Å². The molecule has 1 aromatic heterocycles. The Bertz CT molecular complexity index is 1070. The highest BCUT2D eigenvalue weighted by Gasteiger charge is 2.32. The van der Waals surface area contributed by atoms with Crippen LogP contribution in [0.4, 0.5) is 0 Å². The number of likely N-dealkylation sites (N-methyl/N-ethyl adjacent to an activating group) is 1. The second-order valence-corrected chi connectivity index (χ2v) is 8.00. The topological polar surface area (TPSA) is 92.6 Å². The van der Waals surface area contributed by atoms with Crippen molar-refractivity contribution >= 4 is 11.9 Å². The van der Waals surface area contributed by atoms with E-state index >= 15 is 0 Å². The van der Waals surface area contributed by atoms with Gasteiger partial charge in [0.05, 0.1) is 6.20 Å². The van der Waals surface area contributed by atoms with Crippen LogP contribution in [0.5, 0.6) is 5.75 Å². The number of hydrogen-bond donors (Lipinski definition) is 1. The zero-order valence-electron chi connectivity index (χ0n) is 19.1. The predicted octanol–water partition coefficient (Wildman–Crippen LogP) is 4.34. The molecular weight excluding hydrogens is 418 g/mol. The first-order chi connectivity index (χ1) is 15.9. The van der Waals surface area contributed by atoms with Gasteiger partial charge in [0.2, 0.25) is 0 Å². The molecule has 33 heavy (non-hydrogen) atoms. The molecule has 3 rings (SSSR count). The van der Waals surface area contributed by atoms with Gasteiger partial charge in [-0.05, 0) is 18.1 Å². The molecule has 0 fully saturated rings. The molecule has 0 saturated carbocycles. The van der Waals surface area contributed by atoms with Gasteiger partial charge in [-0.3, -0.25) is 4.79 Å². The standard InChI is InChI=1S/C26H29N3O4/c1-4-29(21(26(31)32)15-19-11-7-5-8-12-19)25(30)23-22(16-27-24(28-23)18(2)3)33-17-20-13-9-6-10-14-20/h5-14,16,18,21H,4,15,17H2,1-3H3,(H,31,32)/t21-/m0/s1. The Balaban J connectivity index is 1.93. The van der Waals surface area contributed by atoms with Gasteiger partial charge in [-0.25, -0.2) is 14.8 Å². The zero-order valence-corrected chi connectivity index (χ0v) is 19.1. The molecule has 7 heteroatoms. The Morgan fingerprint density at radius 1 is 1.00 bits per heavy atom. The summed E-state index contributed by atoms with van der Waals surface area (Å²) in [6, 6.07) is 17.8. The third-order valence-electron chi connectivity index (χ3n) is 5.26. The Morgan fingerprint density at radius 2 is 1.61 bits per heavy atom. The van der Waals surface area contributed by atoms with Crippen molar-refractivity contribution in [3.05, 3.63) is 89.5 Å². The van der Waals surface area contributed by atoms with E-state index < -0.39 is 17.9 Å². The molecule has 0 saturated heterocycles. The number of carboxylic acid groups (broad SMARTS) is 1. The first-order valence-electron chi connectivity index (χ1n) is 11.0. The summed E-state index contributed by atoms with van der Waals surface area (Å²) in [6.07, 6.45) is 1.69. The van der Waals surface area contributed by atoms with Crippen molar-refractivity contribution in [1.82, 2.24) is 14.9 Å². The van der Waals surface area contributed by atoms with Gasteiger partial charge in [0.15, 0.2) is 11.4 Å². The third-order valence-corrected chi connectivity index (χ3v) is 5.26. The number of aromatic nitrogens is 2. The van der Waals surface area contributed by atoms with E-state index in [9.17, 15) is 14.7 Å². The first-order valence-corrected chi connectivity index (χ1v) is 11.0. The fourth-order valence-corrected chi connectivity index (χ4v) is 3.47. The SMILES string of the molecule is CCN(C(=O)c1nc(C(C)C)ncc1OCc1ccccc1)[C@@H](Cc1ccccc1)C(=O)O. The molecule has 7 nitrogen and oxygen atoms in total. The summed E-state index contributed by atoms with van der Waals surface area (Å²) in [6.45, 7) is 6.07. The summed E-state index contributed by atoms with van der Waals surface area (Å²) in [4.78, 5) is 35.9. The second kappa shape index (κ2) is 11.2. The predicted molar refractivity (Wildman–Crippen MR) is 125 cm³/mol. The maximum absolute atomic E-state index is 13.6. The molecule has 0 spiro atoms. The van der Waals surface area contributed by atoms with Gasteiger partial charge in [-0.15, -0.1) is 0 Å². The Morgan fingerprint density at radius 3 is 2.15 bits per heavy atom. The molecule has 0 unspecified atom stereocenters. The maximum atomic E-state index is 13.6. The molecule has 3 aromatic rings. The van der Waals surface area contributed by atoms with Crippen LogP contribution < -0.4 is 4.74 Å². The van der Waals surface area contributed by atoms with Crippen molar-refractivity contribution < 1.29 is 19.4 Å². The molecule has 0 aliphatic heterocycles. The molecule has 0 radical (unpaired) electrons. The third kappa shape index (κ3) is 6.16. The summed E-state index contributed by atoms with van der Waals surface area (Å²) in [5.41, 5.74) is 1.84. The van der Waals surface area contributed by atoms with Gasteiger partial charge >= 0.3 is 5.97 Å². The lowest BCUT2D eigenvalue weighted by atomic mass is 10.0. The molecule has 0 aliphatic carbocycles. The van der Waals surface area contributed by atoms with Gasteiger partial charge in [-0.1, -0.05) is 74.5 Å². The van der Waals surface area contributed by atoms with Crippen LogP contribution in [0, 0.1) is 0 Å². The van der Waals surface area contributed by atoms with Crippen molar-refractivity contribution in [2.24, 2.45) is 0 Å². The molecule has 1 heterocycles. The van der Waals surface area contributed by atoms with Gasteiger partial charge in [0.1, 0.15) is 18.5 Å². The highest BCUT2D eigenvalue weighted by atomic mass is 16.5. The van der Waals surface area contributed by atoms with E-state index in [0.717, 1.165) is 11.1 Å². The lowest BCUT2D eigenvalue weighted by Gasteiger charge is -2.28. The summed E-state index contributed by atoms with van der Waals surface area (Å²) in [7, 11) is 0. The number of aliphatic carboxylic acids is 1. The number of rotatable bonds is 10. The van der Waals surface area contributed by atoms with E-state index in [0.29, 0.717) is 5.82 Å². The van der Waals surface area contributed by atoms with Crippen molar-refractivity contribution in [2.45, 2.75) is 45.8 Å². The highest BCUT2D eigenvalue weighted by molar-refractivity contribution is 5.97. The van der Waals surface area contributed by atoms with Crippen LogP contribution in [0.15, 0.2) is 66.9 Å². The van der Waals surface area contributed by atoms with E-state index in [4.69, 9.17) is 4.74 Å². The first kappa shape index (κ1) is 23.9. The molecule has 0 bridgehead atoms. The minimum absolute atomic E-state index is 0.00520. The molecule has 1 atom stereocenters. The van der Waals surface area contributed by atoms with E-state index in [1.807, 2.05) is 74.5 Å². The normalized spacial score (nSPS) is 11.8. The zero-order chi connectivity index (χ0) is 23.8. The number of ether oxygens (including phenoxy) is 1. The van der Waals surface area contributed by atoms with Crippen LogP contribution in [-0.2, 0) is 17.8 Å². The Kier molecular flexibility index (Phi) is 8.13. The molecular formula is C26H29N3O4. The van der Waals surface area contributed by atoms with E-state index in [1.54, 1.807) is 6.92 Å². The summed E-state index contributed by atoms with van der Waals surface area (Å²) >= 11 is 0. The smallest absolute Gasteiger partial charge is 0.326 e. The van der Waals surface area contributed by atoms with Crippen LogP contribution in [0.25, 0.3) is 0 Å². The van der Waals surface area contributed by atoms with E-state index in [-0.39, 0.29) is 36.9 Å². The van der Waals surface area contributed by atoms with Crippen molar-refractivity contribution in [2.75, 3.05) is 6.54 Å². The van der Waals surface area contributed by atoms with Crippen molar-refractivity contribution in [3.8, 4) is 5.75 Å². The quantitative estimate of drug-likeness (QED) is 0.497. The average Bonchev–Trinajstić information content (AvgIpc) is 2.83. The Labute approximate surface area is 194 Å². The molecule has 2 aromatic carbocycles. The number of carboxylic acids is 1. The number of benzene rings is 2. The van der Waals surface area contributed by atoms with Gasteiger partial charge in [-0.2, -0.15) is 0 Å². The second-order valence-electron chi connectivity index (χ2n) is 8.00. The lowest BCUT2D eigenvalue weighted by molar-refractivity contribution is -0.142. The van der Waals surface area contributed by atoms with Gasteiger partial charge in [0.25, 0.3) is 5.91 Å². The summed E-state index contributed by atoms with van der Waals surface area (Å²) in [5, 5.41) is 9.94. The summed E-state index contributed by atoms with van der Waals surface area (Å²) in [5.74, 6) is -0.839. The van der Waals surface area contributed by atoms with Gasteiger partial charge < -0.3 is 14.7 Å². The molecule has 1 amide bonds. The average molecular weight is 448 g/mol. The number of hydrogen-bond acceptors (Lipinski definition) is 5. The number of amides is 1. The molecule has 172 valence electrons. The van der Waals surface area contributed by atoms with Crippen LogP contribution in [0.1, 0.15) is 54.1 Å². The maximum Gasteiger partial charge on any atom is 0.326 e. The van der Waals surface area contributed by atoms with Gasteiger partial charge in [0, 0.05) is 18.9 Å². The van der Waals surface area contributed by atoms with Crippen LogP contribution >= 0.6 is 0 Å². The van der Waals surface area contributed by atoms with Crippen LogP contribution in [-0.4, -0.2) is 44.4 Å². The fraction of sp³-hybridized carbons (Fsp3) is 0.308. The lowest BCUT2D eigenvalue weighted by Crippen LogP contribution is -2.46. The van der Waals surface area contributed by atoms with Crippen molar-refractivity contribution in [3.63, 3.8) is 0 Å². The summed E-state index contributed by atoms with van der Waals surface area (Å²) < 4.78 is 5.91. The fourth-order valence-electron chi connectivity index (χ4n) is 3.47. The molecule has 1 N–H and O–H groups in total.